The van der Waals surface area contributed by atoms with Crippen LogP contribution < -0.4 is 9.46 Å². The Labute approximate surface area is 158 Å². The average molecular weight is 392 g/mol. The smallest absolute Gasteiger partial charge is 0.279 e. The lowest BCUT2D eigenvalue weighted by atomic mass is 10.0. The van der Waals surface area contributed by atoms with E-state index in [9.17, 15) is 12.8 Å². The molecule has 27 heavy (non-hydrogen) atoms. The fourth-order valence-electron chi connectivity index (χ4n) is 3.52. The van der Waals surface area contributed by atoms with Crippen LogP contribution in [0.2, 0.25) is 0 Å². The van der Waals surface area contributed by atoms with E-state index in [-0.39, 0.29) is 19.2 Å². The van der Waals surface area contributed by atoms with Crippen molar-refractivity contribution >= 4 is 10.2 Å². The van der Waals surface area contributed by atoms with E-state index in [1.807, 2.05) is 24.3 Å². The van der Waals surface area contributed by atoms with Gasteiger partial charge in [-0.25, -0.2) is 9.11 Å². The molecule has 0 fully saturated rings. The first-order valence-electron chi connectivity index (χ1n) is 8.86. The second kappa shape index (κ2) is 7.55. The molecule has 0 atom stereocenters. The second-order valence-corrected chi connectivity index (χ2v) is 8.42. The maximum atomic E-state index is 13.8. The summed E-state index contributed by atoms with van der Waals surface area (Å²) >= 11 is 0. The molecule has 0 aromatic heterocycles. The lowest BCUT2D eigenvalue weighted by molar-refractivity contribution is -0.0172. The summed E-state index contributed by atoms with van der Waals surface area (Å²) in [5, 5.41) is 0. The SMILES string of the molecule is O=S(=O)(NCCc1cc(F)cc2c1OCOC2)N1CCc2ccccc2C1. The molecule has 1 N–H and O–H groups in total. The minimum absolute atomic E-state index is 0.116. The van der Waals surface area contributed by atoms with Gasteiger partial charge < -0.3 is 9.47 Å². The van der Waals surface area contributed by atoms with Gasteiger partial charge in [0.25, 0.3) is 10.2 Å². The van der Waals surface area contributed by atoms with Gasteiger partial charge in [-0.1, -0.05) is 24.3 Å². The fourth-order valence-corrected chi connectivity index (χ4v) is 4.71. The lowest BCUT2D eigenvalue weighted by Gasteiger charge is -2.28. The molecule has 2 aromatic rings. The summed E-state index contributed by atoms with van der Waals surface area (Å²) in [6.07, 6.45) is 1.03. The third-order valence-corrected chi connectivity index (χ3v) is 6.43. The zero-order valence-electron chi connectivity index (χ0n) is 14.8. The molecule has 8 heteroatoms. The second-order valence-electron chi connectivity index (χ2n) is 6.67. The summed E-state index contributed by atoms with van der Waals surface area (Å²) < 4.78 is 53.8. The molecule has 0 amide bonds. The summed E-state index contributed by atoms with van der Waals surface area (Å²) in [4.78, 5) is 0. The Bertz CT molecular complexity index is 949. The highest BCUT2D eigenvalue weighted by Gasteiger charge is 2.26. The van der Waals surface area contributed by atoms with E-state index in [4.69, 9.17) is 9.47 Å². The van der Waals surface area contributed by atoms with Crippen LogP contribution in [-0.2, 0) is 40.9 Å². The van der Waals surface area contributed by atoms with Crippen LogP contribution in [0.4, 0.5) is 4.39 Å². The minimum Gasteiger partial charge on any atom is -0.467 e. The number of ether oxygens (including phenoxy) is 2. The van der Waals surface area contributed by atoms with Crippen molar-refractivity contribution in [2.24, 2.45) is 0 Å². The van der Waals surface area contributed by atoms with Crippen LogP contribution in [0.15, 0.2) is 36.4 Å². The van der Waals surface area contributed by atoms with E-state index >= 15 is 0 Å². The number of fused-ring (bicyclic) bond motifs is 2. The van der Waals surface area contributed by atoms with Crippen LogP contribution in [0.3, 0.4) is 0 Å². The molecule has 2 heterocycles. The largest absolute Gasteiger partial charge is 0.467 e. The zero-order chi connectivity index (χ0) is 18.9. The first-order valence-corrected chi connectivity index (χ1v) is 10.3. The van der Waals surface area contributed by atoms with Gasteiger partial charge in [0.1, 0.15) is 11.6 Å². The van der Waals surface area contributed by atoms with Crippen molar-refractivity contribution in [2.75, 3.05) is 19.9 Å². The van der Waals surface area contributed by atoms with Crippen LogP contribution >= 0.6 is 0 Å². The number of halogens is 1. The topological polar surface area (TPSA) is 67.9 Å². The monoisotopic (exact) mass is 392 g/mol. The average Bonchev–Trinajstić information content (AvgIpc) is 2.67. The third-order valence-electron chi connectivity index (χ3n) is 4.87. The van der Waals surface area contributed by atoms with E-state index in [1.165, 1.54) is 22.0 Å². The molecule has 0 saturated carbocycles. The Morgan fingerprint density at radius 2 is 1.96 bits per heavy atom. The molecule has 0 saturated heterocycles. The molecular formula is C19H21FN2O4S. The molecule has 2 aliphatic heterocycles. The summed E-state index contributed by atoms with van der Waals surface area (Å²) in [6, 6.07) is 10.6. The molecule has 2 aromatic carbocycles. The van der Waals surface area contributed by atoms with E-state index < -0.39 is 10.2 Å². The molecule has 4 rings (SSSR count). The predicted molar refractivity (Wildman–Crippen MR) is 97.9 cm³/mol. The first-order chi connectivity index (χ1) is 13.0. The van der Waals surface area contributed by atoms with E-state index in [2.05, 4.69) is 4.72 Å². The van der Waals surface area contributed by atoms with Gasteiger partial charge in [-0.15, -0.1) is 0 Å². The summed E-state index contributed by atoms with van der Waals surface area (Å²) in [6.45, 7) is 1.38. The molecule has 2 aliphatic rings. The number of benzene rings is 2. The first kappa shape index (κ1) is 18.4. The lowest BCUT2D eigenvalue weighted by Crippen LogP contribution is -2.43. The Hall–Kier alpha value is -2.00. The van der Waals surface area contributed by atoms with E-state index in [0.717, 1.165) is 5.56 Å². The van der Waals surface area contributed by atoms with Gasteiger partial charge in [0.05, 0.1) is 6.61 Å². The quantitative estimate of drug-likeness (QED) is 0.847. The van der Waals surface area contributed by atoms with Gasteiger partial charge in [0.2, 0.25) is 0 Å². The molecule has 0 radical (unpaired) electrons. The summed E-state index contributed by atoms with van der Waals surface area (Å²) in [5.74, 6) is 0.210. The summed E-state index contributed by atoms with van der Waals surface area (Å²) in [7, 11) is -3.60. The van der Waals surface area contributed by atoms with Crippen molar-refractivity contribution in [2.45, 2.75) is 26.0 Å². The van der Waals surface area contributed by atoms with Crippen LogP contribution in [0.1, 0.15) is 22.3 Å². The van der Waals surface area contributed by atoms with Gasteiger partial charge in [-0.3, -0.25) is 0 Å². The highest BCUT2D eigenvalue weighted by molar-refractivity contribution is 7.87. The number of nitrogens with one attached hydrogen (secondary N) is 1. The van der Waals surface area contributed by atoms with E-state index in [0.29, 0.717) is 49.4 Å². The Kier molecular flexibility index (Phi) is 5.14. The molecule has 0 spiro atoms. The third kappa shape index (κ3) is 3.98. The van der Waals surface area contributed by atoms with Crippen LogP contribution in [0.5, 0.6) is 5.75 Å². The Morgan fingerprint density at radius 1 is 1.15 bits per heavy atom. The maximum absolute atomic E-state index is 13.8. The van der Waals surface area contributed by atoms with Gasteiger partial charge in [0.15, 0.2) is 6.79 Å². The maximum Gasteiger partial charge on any atom is 0.279 e. The van der Waals surface area contributed by atoms with Crippen molar-refractivity contribution in [3.05, 3.63) is 64.5 Å². The zero-order valence-corrected chi connectivity index (χ0v) is 15.6. The van der Waals surface area contributed by atoms with Crippen molar-refractivity contribution in [3.63, 3.8) is 0 Å². The van der Waals surface area contributed by atoms with Gasteiger partial charge in [-0.05, 0) is 41.7 Å². The number of nitrogens with zero attached hydrogens (tertiary/aromatic N) is 1. The molecule has 0 bridgehead atoms. The van der Waals surface area contributed by atoms with Crippen LogP contribution in [0, 0.1) is 5.82 Å². The van der Waals surface area contributed by atoms with Crippen LogP contribution in [0.25, 0.3) is 0 Å². The highest BCUT2D eigenvalue weighted by Crippen LogP contribution is 2.29. The Morgan fingerprint density at radius 3 is 2.81 bits per heavy atom. The standard InChI is InChI=1S/C19H21FN2O4S/c20-18-9-15(19-17(10-18)12-25-13-26-19)5-7-21-27(23,24)22-8-6-14-3-1-2-4-16(14)11-22/h1-4,9-10,21H,5-8,11-13H2. The van der Waals surface area contributed by atoms with Gasteiger partial charge in [0, 0.05) is 25.2 Å². The van der Waals surface area contributed by atoms with Crippen molar-refractivity contribution in [1.82, 2.24) is 9.03 Å². The van der Waals surface area contributed by atoms with Gasteiger partial charge >= 0.3 is 0 Å². The summed E-state index contributed by atoms with van der Waals surface area (Å²) in [5.41, 5.74) is 3.50. The molecule has 0 unspecified atom stereocenters. The number of hydrogen-bond donors (Lipinski definition) is 1. The molecular weight excluding hydrogens is 371 g/mol. The highest BCUT2D eigenvalue weighted by atomic mass is 32.2. The normalized spacial score (nSPS) is 17.1. The van der Waals surface area contributed by atoms with Crippen molar-refractivity contribution in [3.8, 4) is 5.75 Å². The van der Waals surface area contributed by atoms with E-state index in [1.54, 1.807) is 0 Å². The molecule has 144 valence electrons. The minimum atomic E-state index is -3.60. The molecule has 6 nitrogen and oxygen atoms in total. The number of hydrogen-bond acceptors (Lipinski definition) is 4. The predicted octanol–water partition coefficient (Wildman–Crippen LogP) is 2.13. The number of rotatable bonds is 5. The van der Waals surface area contributed by atoms with Gasteiger partial charge in [-0.2, -0.15) is 12.7 Å². The Balaban J connectivity index is 1.41. The van der Waals surface area contributed by atoms with Crippen molar-refractivity contribution in [1.29, 1.82) is 0 Å². The fraction of sp³-hybridized carbons (Fsp3) is 0.368. The van der Waals surface area contributed by atoms with Crippen LogP contribution in [-0.4, -0.2) is 32.6 Å². The van der Waals surface area contributed by atoms with Crippen molar-refractivity contribution < 1.29 is 22.3 Å². The molecule has 0 aliphatic carbocycles.